The van der Waals surface area contributed by atoms with E-state index in [9.17, 15) is 0 Å². The highest BCUT2D eigenvalue weighted by atomic mass is 16.3. The van der Waals surface area contributed by atoms with Crippen LogP contribution in [-0.2, 0) is 0 Å². The molecule has 0 spiro atoms. The van der Waals surface area contributed by atoms with E-state index >= 15 is 0 Å². The number of nitrogens with one attached hydrogen (secondary N) is 1. The van der Waals surface area contributed by atoms with Crippen LogP contribution in [-0.4, -0.2) is 11.7 Å². The zero-order valence-corrected chi connectivity index (χ0v) is 32.6. The molecule has 1 aromatic heterocycles. The molecule has 0 saturated carbocycles. The summed E-state index contributed by atoms with van der Waals surface area (Å²) >= 11 is 0. The minimum atomic E-state index is -0.388. The van der Waals surface area contributed by atoms with Crippen molar-refractivity contribution in [2.75, 3.05) is 4.90 Å². The number of nitrogens with zero attached hydrogens (tertiary/aromatic N) is 3. The van der Waals surface area contributed by atoms with Crippen molar-refractivity contribution in [3.63, 3.8) is 0 Å². The Morgan fingerprint density at radius 3 is 1.63 bits per heavy atom. The number of aliphatic imine (C=N–C) groups is 2. The summed E-state index contributed by atoms with van der Waals surface area (Å²) in [4.78, 5) is 13.0. The van der Waals surface area contributed by atoms with E-state index in [0.717, 1.165) is 83.4 Å². The zero-order chi connectivity index (χ0) is 39.8. The van der Waals surface area contributed by atoms with E-state index < -0.39 is 0 Å². The van der Waals surface area contributed by atoms with Gasteiger partial charge in [0, 0.05) is 27.9 Å². The van der Waals surface area contributed by atoms with Gasteiger partial charge in [-0.1, -0.05) is 176 Å². The van der Waals surface area contributed by atoms with Gasteiger partial charge in [-0.2, -0.15) is 0 Å². The lowest BCUT2D eigenvalue weighted by Gasteiger charge is -2.27. The third kappa shape index (κ3) is 6.39. The van der Waals surface area contributed by atoms with E-state index in [4.69, 9.17) is 14.4 Å². The molecule has 5 heteroatoms. The first-order chi connectivity index (χ1) is 29.7. The van der Waals surface area contributed by atoms with Crippen molar-refractivity contribution in [2.24, 2.45) is 9.98 Å². The first kappa shape index (κ1) is 35.2. The second-order valence-corrected chi connectivity index (χ2v) is 15.0. The summed E-state index contributed by atoms with van der Waals surface area (Å²) in [5.74, 6) is 1.36. The Hall–Kier alpha value is -8.02. The lowest BCUT2D eigenvalue weighted by molar-refractivity contribution is 0.664. The number of benzene rings is 9. The maximum absolute atomic E-state index is 6.91. The average Bonchev–Trinajstić information content (AvgIpc) is 3.73. The fraction of sp³-hybridized carbons (Fsp3) is 0.0182. The third-order valence-corrected chi connectivity index (χ3v) is 11.4. The molecular weight excluding hydrogens is 733 g/mol. The van der Waals surface area contributed by atoms with Crippen molar-refractivity contribution in [3.8, 4) is 22.3 Å². The molecule has 1 aliphatic rings. The molecule has 0 aliphatic carbocycles. The minimum Gasteiger partial charge on any atom is -0.455 e. The molecule has 11 rings (SSSR count). The summed E-state index contributed by atoms with van der Waals surface area (Å²) in [7, 11) is 0. The Labute approximate surface area is 348 Å². The van der Waals surface area contributed by atoms with Gasteiger partial charge in [-0.3, -0.25) is 0 Å². The predicted octanol–water partition coefficient (Wildman–Crippen LogP) is 14.0. The maximum atomic E-state index is 6.91. The van der Waals surface area contributed by atoms with Gasteiger partial charge in [0.1, 0.15) is 23.2 Å². The summed E-state index contributed by atoms with van der Waals surface area (Å²) in [5, 5.41) is 7.99. The van der Waals surface area contributed by atoms with Crippen molar-refractivity contribution >= 4 is 61.4 Å². The number of anilines is 3. The van der Waals surface area contributed by atoms with Gasteiger partial charge in [0.15, 0.2) is 5.84 Å². The van der Waals surface area contributed by atoms with Crippen LogP contribution < -0.4 is 10.2 Å². The zero-order valence-electron chi connectivity index (χ0n) is 32.6. The van der Waals surface area contributed by atoms with E-state index in [1.165, 1.54) is 11.1 Å². The van der Waals surface area contributed by atoms with Crippen LogP contribution in [0, 0.1) is 0 Å². The van der Waals surface area contributed by atoms with Crippen LogP contribution in [0.15, 0.2) is 233 Å². The number of para-hydroxylation sites is 1. The highest BCUT2D eigenvalue weighted by molar-refractivity contribution is 6.22. The molecule has 0 bridgehead atoms. The van der Waals surface area contributed by atoms with E-state index in [-0.39, 0.29) is 6.17 Å². The number of furan rings is 1. The highest BCUT2D eigenvalue weighted by Crippen LogP contribution is 2.45. The average molecular weight is 771 g/mol. The van der Waals surface area contributed by atoms with Gasteiger partial charge in [-0.15, -0.1) is 0 Å². The predicted molar refractivity (Wildman–Crippen MR) is 249 cm³/mol. The van der Waals surface area contributed by atoms with Gasteiger partial charge in [0.2, 0.25) is 0 Å². The van der Waals surface area contributed by atoms with E-state index in [2.05, 4.69) is 198 Å². The molecule has 0 saturated heterocycles. The Bertz CT molecular complexity index is 3120. The van der Waals surface area contributed by atoms with Crippen LogP contribution in [0.3, 0.4) is 0 Å². The molecule has 1 N–H and O–H groups in total. The van der Waals surface area contributed by atoms with Crippen molar-refractivity contribution in [1.82, 2.24) is 5.32 Å². The molecule has 1 aliphatic heterocycles. The summed E-state index contributed by atoms with van der Waals surface area (Å²) in [6, 6.07) is 76.4. The molecule has 0 fully saturated rings. The van der Waals surface area contributed by atoms with Crippen molar-refractivity contribution in [2.45, 2.75) is 6.17 Å². The summed E-state index contributed by atoms with van der Waals surface area (Å²) < 4.78 is 6.91. The Morgan fingerprint density at radius 2 is 0.983 bits per heavy atom. The molecule has 5 nitrogen and oxygen atoms in total. The molecule has 284 valence electrons. The topological polar surface area (TPSA) is 53.1 Å². The van der Waals surface area contributed by atoms with Gasteiger partial charge in [0.05, 0.1) is 16.6 Å². The number of rotatable bonds is 8. The van der Waals surface area contributed by atoms with Crippen LogP contribution in [0.4, 0.5) is 17.1 Å². The normalized spacial score (nSPS) is 13.8. The molecule has 0 radical (unpaired) electrons. The number of hydrogen-bond donors (Lipinski definition) is 1. The van der Waals surface area contributed by atoms with Crippen molar-refractivity contribution < 1.29 is 4.42 Å². The maximum Gasteiger partial charge on any atom is 0.163 e. The number of fused-ring (bicyclic) bond motifs is 4. The molecule has 10 aromatic rings. The minimum absolute atomic E-state index is 0.388. The highest BCUT2D eigenvalue weighted by Gasteiger charge is 2.27. The van der Waals surface area contributed by atoms with Gasteiger partial charge in [-0.05, 0) is 75.5 Å². The molecule has 9 aromatic carbocycles. The molecule has 1 unspecified atom stereocenters. The summed E-state index contributed by atoms with van der Waals surface area (Å²) in [6.07, 6.45) is -0.388. The Kier molecular flexibility index (Phi) is 8.82. The standard InChI is InChI=1S/C55H38N4O/c1-4-15-37(16-5-1)39-27-31-43(32-28-39)59(44-33-29-40(30-34-44)38-17-6-2-7-18-38)49-36-35-48(52-51(49)47-24-12-13-26-50(47)60-52)55-57-53(42-20-8-3-9-21-42)56-54(58-55)46-25-14-22-41-19-10-11-23-45(41)46/h1-36,54H,(H,56,57,58). The molecule has 1 atom stereocenters. The number of hydrogen-bond acceptors (Lipinski definition) is 5. The van der Waals surface area contributed by atoms with Crippen LogP contribution in [0.2, 0.25) is 0 Å². The van der Waals surface area contributed by atoms with Crippen LogP contribution in [0.5, 0.6) is 0 Å². The second-order valence-electron chi connectivity index (χ2n) is 15.0. The fourth-order valence-corrected chi connectivity index (χ4v) is 8.43. The first-order valence-corrected chi connectivity index (χ1v) is 20.3. The molecule has 2 heterocycles. The molecule has 0 amide bonds. The second kappa shape index (κ2) is 15.1. The fourth-order valence-electron chi connectivity index (χ4n) is 8.43. The van der Waals surface area contributed by atoms with Gasteiger partial charge in [0.25, 0.3) is 0 Å². The Morgan fingerprint density at radius 1 is 0.450 bits per heavy atom. The van der Waals surface area contributed by atoms with E-state index in [0.29, 0.717) is 5.84 Å². The van der Waals surface area contributed by atoms with Crippen LogP contribution >= 0.6 is 0 Å². The van der Waals surface area contributed by atoms with Crippen LogP contribution in [0.1, 0.15) is 22.9 Å². The quantitative estimate of drug-likeness (QED) is 0.167. The summed E-state index contributed by atoms with van der Waals surface area (Å²) in [6.45, 7) is 0. The smallest absolute Gasteiger partial charge is 0.163 e. The largest absolute Gasteiger partial charge is 0.455 e. The van der Waals surface area contributed by atoms with Crippen LogP contribution in [0.25, 0.3) is 55.0 Å². The monoisotopic (exact) mass is 770 g/mol. The lowest BCUT2D eigenvalue weighted by atomic mass is 10.0. The lowest BCUT2D eigenvalue weighted by Crippen LogP contribution is -2.33. The van der Waals surface area contributed by atoms with Crippen molar-refractivity contribution in [1.29, 1.82) is 0 Å². The summed E-state index contributed by atoms with van der Waals surface area (Å²) in [5.41, 5.74) is 12.1. The molecular formula is C55H38N4O. The third-order valence-electron chi connectivity index (χ3n) is 11.4. The van der Waals surface area contributed by atoms with E-state index in [1.54, 1.807) is 0 Å². The first-order valence-electron chi connectivity index (χ1n) is 20.3. The van der Waals surface area contributed by atoms with Crippen molar-refractivity contribution in [3.05, 3.63) is 235 Å². The molecule has 60 heavy (non-hydrogen) atoms. The van der Waals surface area contributed by atoms with E-state index in [1.807, 2.05) is 30.3 Å². The van der Waals surface area contributed by atoms with Gasteiger partial charge >= 0.3 is 0 Å². The number of amidine groups is 2. The van der Waals surface area contributed by atoms with Gasteiger partial charge in [-0.25, -0.2) is 9.98 Å². The van der Waals surface area contributed by atoms with Gasteiger partial charge < -0.3 is 14.6 Å². The SMILES string of the molecule is c1ccc(C2=NC(c3ccc(N(c4ccc(-c5ccccc5)cc4)c4ccc(-c5ccccc5)cc4)c4c3oc3ccccc34)=NC(c3cccc4ccccc34)N2)cc1. The Balaban J connectivity index is 1.11.